The molecular weight excluding hydrogens is 342 g/mol. The van der Waals surface area contributed by atoms with Gasteiger partial charge in [-0.25, -0.2) is 0 Å². The lowest BCUT2D eigenvalue weighted by Crippen LogP contribution is -2.31. The number of aliphatic hydroxyl groups is 1. The van der Waals surface area contributed by atoms with E-state index in [-0.39, 0.29) is 6.42 Å². The summed E-state index contributed by atoms with van der Waals surface area (Å²) in [5.41, 5.74) is 0. The predicted molar refractivity (Wildman–Crippen MR) is 111 cm³/mol. The number of rotatable bonds is 17. The van der Waals surface area contributed by atoms with Gasteiger partial charge in [0.15, 0.2) is 6.29 Å². The van der Waals surface area contributed by atoms with Crippen molar-refractivity contribution in [3.63, 3.8) is 0 Å². The molecule has 0 bridgehead atoms. The highest BCUT2D eigenvalue weighted by Gasteiger charge is 2.25. The maximum Gasteiger partial charge on any atom is 0.257 e. The van der Waals surface area contributed by atoms with Crippen molar-refractivity contribution < 1.29 is 14.8 Å². The Balaban J connectivity index is 4.06. The van der Waals surface area contributed by atoms with Gasteiger partial charge >= 0.3 is 0 Å². The first-order chi connectivity index (χ1) is 13.1. The van der Waals surface area contributed by atoms with Crippen LogP contribution in [-0.2, 0) is 4.79 Å². The van der Waals surface area contributed by atoms with Crippen LogP contribution < -0.4 is 0 Å². The SMILES string of the molecule is CC/C=C\C/C=C\CC(O)C(/C=C\CC/C=C\CCCCC[C]=O)[N+](=O)[O-]. The summed E-state index contributed by atoms with van der Waals surface area (Å²) in [6, 6.07) is -1.07. The van der Waals surface area contributed by atoms with Crippen LogP contribution in [0.2, 0.25) is 0 Å². The molecule has 2 unspecified atom stereocenters. The molecule has 1 radical (unpaired) electrons. The Hall–Kier alpha value is -2.01. The van der Waals surface area contributed by atoms with Crippen LogP contribution >= 0.6 is 0 Å². The first-order valence-electron chi connectivity index (χ1n) is 9.91. The number of carbonyl (C=O) groups excluding carboxylic acids is 1. The van der Waals surface area contributed by atoms with E-state index in [1.165, 1.54) is 6.08 Å². The molecule has 0 aromatic rings. The fourth-order valence-electron chi connectivity index (χ4n) is 2.45. The molecule has 27 heavy (non-hydrogen) atoms. The smallest absolute Gasteiger partial charge is 0.257 e. The second-order valence-corrected chi connectivity index (χ2v) is 6.39. The van der Waals surface area contributed by atoms with E-state index in [1.807, 2.05) is 18.4 Å². The highest BCUT2D eigenvalue weighted by molar-refractivity contribution is 5.50. The molecule has 2 atom stereocenters. The van der Waals surface area contributed by atoms with Gasteiger partial charge in [-0.3, -0.25) is 14.9 Å². The van der Waals surface area contributed by atoms with Crippen molar-refractivity contribution in [1.29, 1.82) is 0 Å². The number of unbranched alkanes of at least 4 members (excludes halogenated alkanes) is 5. The highest BCUT2D eigenvalue weighted by atomic mass is 16.6. The van der Waals surface area contributed by atoms with Crippen LogP contribution in [0.5, 0.6) is 0 Å². The Kier molecular flexibility index (Phi) is 17.4. The Morgan fingerprint density at radius 3 is 2.37 bits per heavy atom. The molecular formula is C22H34NO4. The van der Waals surface area contributed by atoms with Crippen LogP contribution in [0.1, 0.15) is 71.1 Å². The molecule has 0 aliphatic heterocycles. The van der Waals surface area contributed by atoms with E-state index in [1.54, 1.807) is 12.2 Å². The summed E-state index contributed by atoms with van der Waals surface area (Å²) in [7, 11) is 0. The molecule has 0 saturated heterocycles. The normalized spacial score (nSPS) is 14.6. The van der Waals surface area contributed by atoms with Gasteiger partial charge in [0.05, 0.1) is 0 Å². The summed E-state index contributed by atoms with van der Waals surface area (Å²) in [4.78, 5) is 20.8. The zero-order chi connectivity index (χ0) is 20.2. The number of nitro groups is 1. The summed E-state index contributed by atoms with van der Waals surface area (Å²) in [5.74, 6) is 0. The average Bonchev–Trinajstić information content (AvgIpc) is 2.65. The third-order valence-electron chi connectivity index (χ3n) is 4.01. The second kappa shape index (κ2) is 18.8. The molecule has 5 nitrogen and oxygen atoms in total. The van der Waals surface area contributed by atoms with Gasteiger partial charge in [0.2, 0.25) is 0 Å². The van der Waals surface area contributed by atoms with Gasteiger partial charge in [-0.2, -0.15) is 0 Å². The maximum atomic E-state index is 11.1. The fraction of sp³-hybridized carbons (Fsp3) is 0.591. The Morgan fingerprint density at radius 2 is 1.67 bits per heavy atom. The number of hydrogen-bond acceptors (Lipinski definition) is 4. The van der Waals surface area contributed by atoms with Gasteiger partial charge in [0.25, 0.3) is 6.04 Å². The summed E-state index contributed by atoms with van der Waals surface area (Å²) in [5, 5.41) is 21.2. The van der Waals surface area contributed by atoms with Gasteiger partial charge in [-0.05, 0) is 57.4 Å². The molecule has 5 heteroatoms. The van der Waals surface area contributed by atoms with Crippen molar-refractivity contribution in [3.05, 3.63) is 58.7 Å². The van der Waals surface area contributed by atoms with Crippen molar-refractivity contribution in [3.8, 4) is 0 Å². The standard InChI is InChI=1S/C22H34NO4/c1-2-3-4-5-13-16-19-22(25)21(23(26)27)18-15-12-10-8-6-7-9-11-14-17-20-24/h3-4,6,8,13,15-16,18,21-22,25H,2,5,7,9-12,14,17,19H2,1H3/b4-3-,8-6-,16-13-,18-15-. The third-order valence-corrected chi connectivity index (χ3v) is 4.01. The van der Waals surface area contributed by atoms with Crippen LogP contribution in [0.25, 0.3) is 0 Å². The highest BCUT2D eigenvalue weighted by Crippen LogP contribution is 2.08. The first-order valence-corrected chi connectivity index (χ1v) is 9.91. The molecule has 151 valence electrons. The first kappa shape index (κ1) is 25.0. The number of hydrogen-bond donors (Lipinski definition) is 1. The van der Waals surface area contributed by atoms with Gasteiger partial charge < -0.3 is 5.11 Å². The zero-order valence-electron chi connectivity index (χ0n) is 16.5. The van der Waals surface area contributed by atoms with Gasteiger partial charge in [-0.1, -0.05) is 55.9 Å². The summed E-state index contributed by atoms with van der Waals surface area (Å²) < 4.78 is 0. The largest absolute Gasteiger partial charge is 0.385 e. The fourth-order valence-corrected chi connectivity index (χ4v) is 2.45. The van der Waals surface area contributed by atoms with Crippen molar-refractivity contribution in [2.75, 3.05) is 0 Å². The lowest BCUT2D eigenvalue weighted by atomic mass is 10.1. The van der Waals surface area contributed by atoms with Crippen molar-refractivity contribution >= 4 is 6.29 Å². The third kappa shape index (κ3) is 15.9. The van der Waals surface area contributed by atoms with Crippen LogP contribution in [0, 0.1) is 10.1 Å². The van der Waals surface area contributed by atoms with Gasteiger partial charge in [0.1, 0.15) is 6.10 Å². The quantitative estimate of drug-likeness (QED) is 0.163. The molecule has 0 aromatic heterocycles. The predicted octanol–water partition coefficient (Wildman–Crippen LogP) is 5.25. The Morgan fingerprint density at radius 1 is 0.963 bits per heavy atom. The maximum absolute atomic E-state index is 11.1. The summed E-state index contributed by atoms with van der Waals surface area (Å²) >= 11 is 0. The van der Waals surface area contributed by atoms with Crippen molar-refractivity contribution in [1.82, 2.24) is 0 Å². The molecule has 0 rings (SSSR count). The van der Waals surface area contributed by atoms with Gasteiger partial charge in [0, 0.05) is 11.3 Å². The monoisotopic (exact) mass is 376 g/mol. The molecule has 0 aliphatic rings. The van der Waals surface area contributed by atoms with Crippen molar-refractivity contribution in [2.45, 2.75) is 83.3 Å². The summed E-state index contributed by atoms with van der Waals surface area (Å²) in [6.07, 6.45) is 24.2. The number of aliphatic hydroxyl groups excluding tert-OH is 1. The van der Waals surface area contributed by atoms with Crippen LogP contribution in [0.3, 0.4) is 0 Å². The zero-order valence-corrected chi connectivity index (χ0v) is 16.5. The molecule has 0 saturated carbocycles. The molecule has 0 amide bonds. The van der Waals surface area contributed by atoms with Crippen LogP contribution in [-0.4, -0.2) is 28.5 Å². The molecule has 0 aromatic carbocycles. The second-order valence-electron chi connectivity index (χ2n) is 6.39. The van der Waals surface area contributed by atoms with E-state index in [0.29, 0.717) is 12.8 Å². The number of nitrogens with zero attached hydrogens (tertiary/aromatic N) is 1. The Bertz CT molecular complexity index is 495. The van der Waals surface area contributed by atoms with E-state index in [2.05, 4.69) is 25.2 Å². The van der Waals surface area contributed by atoms with E-state index in [9.17, 15) is 20.0 Å². The van der Waals surface area contributed by atoms with E-state index in [4.69, 9.17) is 0 Å². The van der Waals surface area contributed by atoms with Crippen LogP contribution in [0.15, 0.2) is 48.6 Å². The van der Waals surface area contributed by atoms with E-state index >= 15 is 0 Å². The lowest BCUT2D eigenvalue weighted by Gasteiger charge is -2.10. The van der Waals surface area contributed by atoms with Crippen molar-refractivity contribution in [2.24, 2.45) is 0 Å². The van der Waals surface area contributed by atoms with E-state index in [0.717, 1.165) is 44.9 Å². The molecule has 1 N–H and O–H groups in total. The minimum Gasteiger partial charge on any atom is -0.385 e. The molecule has 0 fully saturated rings. The summed E-state index contributed by atoms with van der Waals surface area (Å²) in [6.45, 7) is 2.06. The minimum absolute atomic E-state index is 0.276. The lowest BCUT2D eigenvalue weighted by molar-refractivity contribution is -0.520. The number of allylic oxidation sites excluding steroid dienone is 6. The molecule has 0 aliphatic carbocycles. The van der Waals surface area contributed by atoms with Gasteiger partial charge in [-0.15, -0.1) is 0 Å². The minimum atomic E-state index is -1.07. The molecule has 0 heterocycles. The topological polar surface area (TPSA) is 80.4 Å². The van der Waals surface area contributed by atoms with E-state index < -0.39 is 17.1 Å². The average molecular weight is 377 g/mol. The molecule has 0 spiro atoms. The Labute approximate surface area is 163 Å². The van der Waals surface area contributed by atoms with Crippen LogP contribution in [0.4, 0.5) is 0 Å².